The number of nitrogens with zero attached hydrogens (tertiary/aromatic N) is 1. The first-order valence-corrected chi connectivity index (χ1v) is 15.6. The molecule has 6 rings (SSSR count). The van der Waals surface area contributed by atoms with E-state index in [4.69, 9.17) is 29.2 Å². The fourth-order valence-electron chi connectivity index (χ4n) is 5.49. The maximum absolute atomic E-state index is 6.48. The van der Waals surface area contributed by atoms with Gasteiger partial charge in [0, 0.05) is 18.2 Å². The van der Waals surface area contributed by atoms with Gasteiger partial charge in [0.1, 0.15) is 30.4 Å². The summed E-state index contributed by atoms with van der Waals surface area (Å²) >= 11 is 0. The molecule has 0 bridgehead atoms. The van der Waals surface area contributed by atoms with E-state index >= 15 is 0 Å². The van der Waals surface area contributed by atoms with Crippen molar-refractivity contribution < 1.29 is 23.5 Å². The van der Waals surface area contributed by atoms with Crippen molar-refractivity contribution in [1.29, 1.82) is 0 Å². The maximum atomic E-state index is 6.48. The van der Waals surface area contributed by atoms with Gasteiger partial charge in [0.2, 0.25) is 5.88 Å². The van der Waals surface area contributed by atoms with Crippen LogP contribution in [0.5, 0.6) is 11.5 Å². The molecular weight excluding hydrogens is 564 g/mol. The van der Waals surface area contributed by atoms with Crippen LogP contribution in [0.2, 0.25) is 0 Å². The molecule has 2 N–H and O–H groups in total. The van der Waals surface area contributed by atoms with Crippen LogP contribution in [-0.2, 0) is 29.3 Å². The number of benzene rings is 4. The minimum atomic E-state index is -0.136. The molecule has 1 fully saturated rings. The van der Waals surface area contributed by atoms with Crippen LogP contribution in [0.4, 0.5) is 5.88 Å². The van der Waals surface area contributed by atoms with Crippen LogP contribution < -0.4 is 15.2 Å². The summed E-state index contributed by atoms with van der Waals surface area (Å²) in [5.41, 5.74) is 13.7. The summed E-state index contributed by atoms with van der Waals surface area (Å²) in [6.45, 7) is 6.37. The zero-order valence-electron chi connectivity index (χ0n) is 25.9. The van der Waals surface area contributed by atoms with E-state index in [9.17, 15) is 0 Å². The fraction of sp³-hybridized carbons (Fsp3) is 0.289. The van der Waals surface area contributed by atoms with Gasteiger partial charge in [0.15, 0.2) is 6.29 Å². The highest BCUT2D eigenvalue weighted by molar-refractivity contribution is 5.89. The van der Waals surface area contributed by atoms with Gasteiger partial charge < -0.3 is 29.2 Å². The molecule has 2 heterocycles. The Morgan fingerprint density at radius 3 is 2.04 bits per heavy atom. The normalized spacial score (nSPS) is 14.9. The van der Waals surface area contributed by atoms with Crippen LogP contribution in [0.15, 0.2) is 102 Å². The van der Waals surface area contributed by atoms with E-state index in [1.54, 1.807) is 0 Å². The van der Waals surface area contributed by atoms with Gasteiger partial charge in [-0.2, -0.15) is 0 Å². The largest absolute Gasteiger partial charge is 0.488 e. The van der Waals surface area contributed by atoms with Crippen LogP contribution in [0, 0.1) is 0 Å². The Bertz CT molecular complexity index is 1660. The van der Waals surface area contributed by atoms with Crippen LogP contribution in [0.25, 0.3) is 22.4 Å². The molecule has 0 radical (unpaired) electrons. The summed E-state index contributed by atoms with van der Waals surface area (Å²) in [5.74, 6) is 1.83. The number of nitrogen functional groups attached to an aromatic ring is 1. The van der Waals surface area contributed by atoms with Crippen LogP contribution in [0.3, 0.4) is 0 Å². The second-order valence-electron chi connectivity index (χ2n) is 11.7. The molecule has 45 heavy (non-hydrogen) atoms. The molecule has 1 aliphatic rings. The van der Waals surface area contributed by atoms with E-state index in [-0.39, 0.29) is 18.1 Å². The lowest BCUT2D eigenvalue weighted by Crippen LogP contribution is -2.21. The number of ether oxygens (including phenoxy) is 4. The molecule has 0 aliphatic carbocycles. The first-order valence-electron chi connectivity index (χ1n) is 15.6. The molecule has 0 saturated carbocycles. The quantitative estimate of drug-likeness (QED) is 0.152. The topological polar surface area (TPSA) is 89.0 Å². The highest BCUT2D eigenvalue weighted by atomic mass is 16.7. The third-order valence-corrected chi connectivity index (χ3v) is 8.00. The van der Waals surface area contributed by atoms with Crippen LogP contribution in [-0.4, -0.2) is 18.1 Å². The van der Waals surface area contributed by atoms with E-state index in [2.05, 4.69) is 37.2 Å². The Morgan fingerprint density at radius 1 is 0.778 bits per heavy atom. The van der Waals surface area contributed by atoms with E-state index < -0.39 is 0 Å². The molecule has 1 atom stereocenters. The minimum absolute atomic E-state index is 0.136. The number of hydrogen-bond donors (Lipinski definition) is 1. The van der Waals surface area contributed by atoms with Gasteiger partial charge in [0.25, 0.3) is 0 Å². The van der Waals surface area contributed by atoms with Gasteiger partial charge in [-0.05, 0) is 59.1 Å². The fourth-order valence-corrected chi connectivity index (χ4v) is 5.49. The van der Waals surface area contributed by atoms with Gasteiger partial charge in [-0.3, -0.25) is 0 Å². The summed E-state index contributed by atoms with van der Waals surface area (Å²) in [7, 11) is 0. The zero-order chi connectivity index (χ0) is 31.0. The van der Waals surface area contributed by atoms with Gasteiger partial charge in [-0.25, -0.2) is 0 Å². The van der Waals surface area contributed by atoms with Crippen LogP contribution >= 0.6 is 0 Å². The average molecular weight is 605 g/mol. The average Bonchev–Trinajstić information content (AvgIpc) is 3.47. The minimum Gasteiger partial charge on any atom is -0.488 e. The molecule has 0 amide bonds. The van der Waals surface area contributed by atoms with Crippen molar-refractivity contribution in [3.8, 4) is 33.9 Å². The summed E-state index contributed by atoms with van der Waals surface area (Å²) in [5, 5.41) is 4.46. The van der Waals surface area contributed by atoms with Crippen molar-refractivity contribution >= 4 is 5.88 Å². The molecule has 1 aliphatic heterocycles. The molecule has 1 aromatic heterocycles. The summed E-state index contributed by atoms with van der Waals surface area (Å²) in [4.78, 5) is 0. The number of anilines is 1. The Labute approximate surface area is 264 Å². The predicted octanol–water partition coefficient (Wildman–Crippen LogP) is 8.92. The lowest BCUT2D eigenvalue weighted by molar-refractivity contribution is -0.168. The van der Waals surface area contributed by atoms with Crippen molar-refractivity contribution in [2.45, 2.75) is 65.1 Å². The number of hydrogen-bond acceptors (Lipinski definition) is 7. The number of aromatic nitrogens is 1. The molecule has 232 valence electrons. The summed E-state index contributed by atoms with van der Waals surface area (Å²) < 4.78 is 30.2. The summed E-state index contributed by atoms with van der Waals surface area (Å²) in [6, 6.07) is 32.4. The highest BCUT2D eigenvalue weighted by Crippen LogP contribution is 2.44. The molecule has 7 heteroatoms. The van der Waals surface area contributed by atoms with Crippen molar-refractivity contribution in [3.63, 3.8) is 0 Å². The monoisotopic (exact) mass is 604 g/mol. The van der Waals surface area contributed by atoms with E-state index in [0.29, 0.717) is 31.3 Å². The maximum Gasteiger partial charge on any atom is 0.230 e. The highest BCUT2D eigenvalue weighted by Gasteiger charge is 2.24. The number of nitrogens with two attached hydrogens (primary N) is 1. The van der Waals surface area contributed by atoms with Crippen molar-refractivity contribution in [3.05, 3.63) is 119 Å². The number of rotatable bonds is 12. The van der Waals surface area contributed by atoms with Gasteiger partial charge in [-0.1, -0.05) is 104 Å². The standard InChI is InChI=1S/C38H40N2O5/c1-26(2)31-21-32(34(43-24-28-13-7-4-8-14-28)22-33(31)42-23-27-11-5-3-6-12-27)37-36(38(39)45-40-37)30-18-16-29(17-19-30)25-44-35-15-9-10-20-41-35/h3-8,11-14,16-19,21-22,26,35H,9-10,15,20,23-25,39H2,1-2H3. The first-order chi connectivity index (χ1) is 22.0. The lowest BCUT2D eigenvalue weighted by atomic mass is 9.94. The Hall–Kier alpha value is -4.59. The van der Waals surface area contributed by atoms with E-state index in [1.807, 2.05) is 78.9 Å². The van der Waals surface area contributed by atoms with Crippen LogP contribution in [0.1, 0.15) is 61.3 Å². The first kappa shape index (κ1) is 30.4. The second kappa shape index (κ2) is 14.5. The van der Waals surface area contributed by atoms with Crippen molar-refractivity contribution in [2.24, 2.45) is 0 Å². The lowest BCUT2D eigenvalue weighted by Gasteiger charge is -2.22. The summed E-state index contributed by atoms with van der Waals surface area (Å²) in [6.07, 6.45) is 3.03. The van der Waals surface area contributed by atoms with E-state index in [0.717, 1.165) is 70.6 Å². The SMILES string of the molecule is CC(C)c1cc(-c2noc(N)c2-c2ccc(COC3CCCCO3)cc2)c(OCc2ccccc2)cc1OCc1ccccc1. The molecular formula is C38H40N2O5. The molecule has 1 unspecified atom stereocenters. The molecule has 0 spiro atoms. The molecule has 4 aromatic carbocycles. The third-order valence-electron chi connectivity index (χ3n) is 8.00. The molecule has 5 aromatic rings. The van der Waals surface area contributed by atoms with Crippen molar-refractivity contribution in [2.75, 3.05) is 12.3 Å². The van der Waals surface area contributed by atoms with Crippen molar-refractivity contribution in [1.82, 2.24) is 5.16 Å². The molecule has 1 saturated heterocycles. The zero-order valence-corrected chi connectivity index (χ0v) is 25.9. The van der Waals surface area contributed by atoms with Gasteiger partial charge in [0.05, 0.1) is 12.2 Å². The molecule has 7 nitrogen and oxygen atoms in total. The Kier molecular flexibility index (Phi) is 9.78. The second-order valence-corrected chi connectivity index (χ2v) is 11.7. The third kappa shape index (κ3) is 7.56. The predicted molar refractivity (Wildman–Crippen MR) is 176 cm³/mol. The van der Waals surface area contributed by atoms with E-state index in [1.165, 1.54) is 0 Å². The smallest absolute Gasteiger partial charge is 0.230 e. The van der Waals surface area contributed by atoms with Gasteiger partial charge in [-0.15, -0.1) is 0 Å². The Balaban J connectivity index is 1.33. The Morgan fingerprint density at radius 2 is 1.42 bits per heavy atom. The van der Waals surface area contributed by atoms with Gasteiger partial charge >= 0.3 is 0 Å².